The Labute approximate surface area is 154 Å². The average molecular weight is 366 g/mol. The first-order valence-corrected chi connectivity index (χ1v) is 8.27. The number of aromatic carboxylic acids is 1. The second-order valence-corrected chi connectivity index (χ2v) is 5.83. The summed E-state index contributed by atoms with van der Waals surface area (Å²) in [6.45, 7) is 2.33. The third-order valence-electron chi connectivity index (χ3n) is 4.16. The smallest absolute Gasteiger partial charge is 0.341 e. The minimum atomic E-state index is -1.26. The normalized spacial score (nSPS) is 11.2. The summed E-state index contributed by atoms with van der Waals surface area (Å²) in [5.74, 6) is -0.835. The number of carboxylic acids is 1. The Morgan fingerprint density at radius 1 is 1.26 bits per heavy atom. The molecule has 0 aliphatic rings. The molecule has 0 atom stereocenters. The molecule has 0 spiro atoms. The maximum Gasteiger partial charge on any atom is 0.341 e. The fraction of sp³-hybridized carbons (Fsp3) is 0.150. The lowest BCUT2D eigenvalue weighted by Crippen LogP contribution is -2.19. The number of methoxy groups -OCH3 is 1. The first-order chi connectivity index (χ1) is 12.9. The second-order valence-electron chi connectivity index (χ2n) is 5.83. The van der Waals surface area contributed by atoms with Crippen LogP contribution in [0, 0.1) is 0 Å². The number of carbonyl (C=O) groups is 1. The van der Waals surface area contributed by atoms with Crippen LogP contribution in [0.25, 0.3) is 23.2 Å². The fourth-order valence-electron chi connectivity index (χ4n) is 2.75. The molecule has 2 aromatic heterocycles. The van der Waals surface area contributed by atoms with E-state index in [2.05, 4.69) is 4.98 Å². The van der Waals surface area contributed by atoms with Crippen LogP contribution in [0.3, 0.4) is 0 Å². The molecule has 0 bridgehead atoms. The molecular weight excluding hydrogens is 348 g/mol. The summed E-state index contributed by atoms with van der Waals surface area (Å²) in [5, 5.41) is 19.1. The molecule has 0 unspecified atom stereocenters. The molecule has 3 aromatic rings. The summed E-state index contributed by atoms with van der Waals surface area (Å²) in [5.41, 5.74) is 1.02. The number of ether oxygens (including phenoxy) is 1. The first-order valence-electron chi connectivity index (χ1n) is 8.27. The number of hydrogen-bond donors (Lipinski definition) is 2. The standard InChI is InChI=1S/C20H18N2O5/c1-3-22-11-15(20(25)26)18(24)14-8-7-13(21-19(14)22)6-4-12-5-9-16(23)17(10-12)27-2/h4-11,23H,3H2,1-2H3,(H,25,26)/b6-4+. The van der Waals surface area contributed by atoms with Crippen molar-refractivity contribution in [3.8, 4) is 11.5 Å². The maximum absolute atomic E-state index is 12.3. The van der Waals surface area contributed by atoms with Crippen LogP contribution in [0.1, 0.15) is 28.5 Å². The minimum Gasteiger partial charge on any atom is -0.504 e. The van der Waals surface area contributed by atoms with Gasteiger partial charge >= 0.3 is 5.97 Å². The third kappa shape index (κ3) is 3.52. The molecule has 0 saturated carbocycles. The molecule has 0 amide bonds. The van der Waals surface area contributed by atoms with Crippen molar-refractivity contribution in [1.29, 1.82) is 0 Å². The largest absolute Gasteiger partial charge is 0.504 e. The van der Waals surface area contributed by atoms with Crippen LogP contribution in [0.4, 0.5) is 0 Å². The van der Waals surface area contributed by atoms with Crippen LogP contribution in [0.2, 0.25) is 0 Å². The summed E-state index contributed by atoms with van der Waals surface area (Å²) in [7, 11) is 1.48. The zero-order valence-electron chi connectivity index (χ0n) is 14.8. The van der Waals surface area contributed by atoms with Crippen LogP contribution < -0.4 is 10.2 Å². The van der Waals surface area contributed by atoms with E-state index in [4.69, 9.17) is 4.74 Å². The topological polar surface area (TPSA) is 102 Å². The highest BCUT2D eigenvalue weighted by atomic mass is 16.5. The highest BCUT2D eigenvalue weighted by Gasteiger charge is 2.14. The van der Waals surface area contributed by atoms with Gasteiger partial charge in [0.2, 0.25) is 5.43 Å². The second kappa shape index (κ2) is 7.33. The fourth-order valence-corrected chi connectivity index (χ4v) is 2.75. The molecule has 27 heavy (non-hydrogen) atoms. The predicted molar refractivity (Wildman–Crippen MR) is 102 cm³/mol. The highest BCUT2D eigenvalue weighted by molar-refractivity contribution is 5.92. The van der Waals surface area contributed by atoms with Crippen molar-refractivity contribution in [3.63, 3.8) is 0 Å². The van der Waals surface area contributed by atoms with Crippen LogP contribution in [0.5, 0.6) is 11.5 Å². The molecule has 7 heteroatoms. The molecule has 0 saturated heterocycles. The molecular formula is C20H18N2O5. The Balaban J connectivity index is 2.05. The van der Waals surface area contributed by atoms with Gasteiger partial charge in [0.1, 0.15) is 11.2 Å². The number of hydrogen-bond acceptors (Lipinski definition) is 5. The number of aromatic hydroxyl groups is 1. The summed E-state index contributed by atoms with van der Waals surface area (Å²) in [4.78, 5) is 28.1. The van der Waals surface area contributed by atoms with E-state index < -0.39 is 11.4 Å². The van der Waals surface area contributed by atoms with E-state index in [1.807, 2.05) is 6.92 Å². The van der Waals surface area contributed by atoms with Crippen LogP contribution >= 0.6 is 0 Å². The van der Waals surface area contributed by atoms with Crippen LogP contribution in [0.15, 0.2) is 41.3 Å². The Kier molecular flexibility index (Phi) is 4.94. The summed E-state index contributed by atoms with van der Waals surface area (Å²) < 4.78 is 6.72. The number of fused-ring (bicyclic) bond motifs is 1. The van der Waals surface area contributed by atoms with Crippen molar-refractivity contribution in [2.75, 3.05) is 7.11 Å². The Morgan fingerprint density at radius 3 is 2.70 bits per heavy atom. The van der Waals surface area contributed by atoms with Crippen LogP contribution in [-0.4, -0.2) is 32.8 Å². The maximum atomic E-state index is 12.3. The number of nitrogens with zero attached hydrogens (tertiary/aromatic N) is 2. The molecule has 7 nitrogen and oxygen atoms in total. The molecule has 2 heterocycles. The number of aromatic nitrogens is 2. The number of rotatable bonds is 5. The Bertz CT molecular complexity index is 1120. The van der Waals surface area contributed by atoms with Crippen molar-refractivity contribution in [2.45, 2.75) is 13.5 Å². The first kappa shape index (κ1) is 18.2. The van der Waals surface area contributed by atoms with Gasteiger partial charge in [0.15, 0.2) is 11.5 Å². The quantitative estimate of drug-likeness (QED) is 0.720. The Morgan fingerprint density at radius 2 is 2.04 bits per heavy atom. The van der Waals surface area contributed by atoms with Gasteiger partial charge in [-0.25, -0.2) is 9.78 Å². The molecule has 3 rings (SSSR count). The van der Waals surface area contributed by atoms with Crippen molar-refractivity contribution in [1.82, 2.24) is 9.55 Å². The zero-order valence-corrected chi connectivity index (χ0v) is 14.8. The van der Waals surface area contributed by atoms with Gasteiger partial charge in [-0.2, -0.15) is 0 Å². The summed E-state index contributed by atoms with van der Waals surface area (Å²) in [6.07, 6.45) is 4.88. The van der Waals surface area contributed by atoms with E-state index in [1.54, 1.807) is 41.0 Å². The minimum absolute atomic E-state index is 0.0553. The Hall–Kier alpha value is -3.61. The van der Waals surface area contributed by atoms with Gasteiger partial charge in [-0.15, -0.1) is 0 Å². The number of pyridine rings is 2. The molecule has 1 aromatic carbocycles. The van der Waals surface area contributed by atoms with E-state index >= 15 is 0 Å². The molecule has 2 N–H and O–H groups in total. The van der Waals surface area contributed by atoms with E-state index in [-0.39, 0.29) is 16.7 Å². The van der Waals surface area contributed by atoms with Crippen molar-refractivity contribution >= 4 is 29.2 Å². The van der Waals surface area contributed by atoms with Gasteiger partial charge in [0.05, 0.1) is 18.2 Å². The van der Waals surface area contributed by atoms with E-state index in [0.717, 1.165) is 5.56 Å². The zero-order chi connectivity index (χ0) is 19.6. The van der Waals surface area contributed by atoms with E-state index in [9.17, 15) is 19.8 Å². The number of phenols is 1. The lowest BCUT2D eigenvalue weighted by molar-refractivity contribution is 0.0695. The predicted octanol–water partition coefficient (Wildman–Crippen LogP) is 3.00. The van der Waals surface area contributed by atoms with Crippen molar-refractivity contribution in [3.05, 3.63) is 63.6 Å². The highest BCUT2D eigenvalue weighted by Crippen LogP contribution is 2.27. The van der Waals surface area contributed by atoms with Crippen LogP contribution in [-0.2, 0) is 6.54 Å². The van der Waals surface area contributed by atoms with Crippen molar-refractivity contribution < 1.29 is 19.7 Å². The van der Waals surface area contributed by atoms with E-state index in [0.29, 0.717) is 23.6 Å². The lowest BCUT2D eigenvalue weighted by atomic mass is 10.1. The number of carboxylic acid groups (broad SMARTS) is 1. The molecule has 0 aliphatic carbocycles. The van der Waals surface area contributed by atoms with Gasteiger partial charge in [-0.1, -0.05) is 12.1 Å². The molecule has 0 aliphatic heterocycles. The van der Waals surface area contributed by atoms with Gasteiger partial charge in [-0.05, 0) is 42.8 Å². The van der Waals surface area contributed by atoms with Gasteiger partial charge in [0, 0.05) is 12.7 Å². The molecule has 0 fully saturated rings. The van der Waals surface area contributed by atoms with E-state index in [1.165, 1.54) is 19.4 Å². The third-order valence-corrected chi connectivity index (χ3v) is 4.16. The van der Waals surface area contributed by atoms with Gasteiger partial charge < -0.3 is 19.5 Å². The summed E-state index contributed by atoms with van der Waals surface area (Å²) >= 11 is 0. The average Bonchev–Trinajstić information content (AvgIpc) is 2.67. The number of aryl methyl sites for hydroxylation is 1. The number of phenolic OH excluding ortho intramolecular Hbond substituents is 1. The van der Waals surface area contributed by atoms with Gasteiger partial charge in [-0.3, -0.25) is 4.79 Å². The molecule has 138 valence electrons. The monoisotopic (exact) mass is 366 g/mol. The lowest BCUT2D eigenvalue weighted by Gasteiger charge is -2.09. The molecule has 0 radical (unpaired) electrons. The van der Waals surface area contributed by atoms with Crippen molar-refractivity contribution in [2.24, 2.45) is 0 Å². The summed E-state index contributed by atoms with van der Waals surface area (Å²) in [6, 6.07) is 8.20. The SMILES string of the molecule is CCn1cc(C(=O)O)c(=O)c2ccc(/C=C/c3ccc(O)c(OC)c3)nc21. The van der Waals surface area contributed by atoms with Gasteiger partial charge in [0.25, 0.3) is 0 Å². The number of benzene rings is 1.